The van der Waals surface area contributed by atoms with E-state index in [4.69, 9.17) is 14.2 Å². The average Bonchev–Trinajstić information content (AvgIpc) is 2.75. The fourth-order valence-electron chi connectivity index (χ4n) is 3.53. The maximum Gasteiger partial charge on any atom is 0.227 e. The molecule has 2 atom stereocenters. The molecular formula is C21H24FNO6. The molecule has 0 saturated carbocycles. The fourth-order valence-corrected chi connectivity index (χ4v) is 3.53. The number of nitrogens with zero attached hydrogens (tertiary/aromatic N) is 1. The second kappa shape index (κ2) is 9.11. The first-order valence-corrected chi connectivity index (χ1v) is 9.19. The van der Waals surface area contributed by atoms with Crippen molar-refractivity contribution in [1.82, 2.24) is 4.90 Å². The van der Waals surface area contributed by atoms with Crippen molar-refractivity contribution in [3.05, 3.63) is 53.3 Å². The van der Waals surface area contributed by atoms with Crippen LogP contribution in [0.3, 0.4) is 0 Å². The minimum atomic E-state index is -0.776. The number of hydrogen-bond donors (Lipinski definition) is 2. The van der Waals surface area contributed by atoms with E-state index in [0.29, 0.717) is 23.6 Å². The second-order valence-corrected chi connectivity index (χ2v) is 6.70. The summed E-state index contributed by atoms with van der Waals surface area (Å²) >= 11 is 0. The van der Waals surface area contributed by atoms with E-state index in [1.807, 2.05) is 0 Å². The number of aliphatic hydroxyl groups excluding tert-OH is 1. The van der Waals surface area contributed by atoms with E-state index < -0.39 is 23.7 Å². The van der Waals surface area contributed by atoms with Crippen molar-refractivity contribution in [2.45, 2.75) is 18.6 Å². The molecule has 1 amide bonds. The van der Waals surface area contributed by atoms with Gasteiger partial charge in [-0.25, -0.2) is 4.39 Å². The van der Waals surface area contributed by atoms with Gasteiger partial charge in [0.05, 0.1) is 39.9 Å². The van der Waals surface area contributed by atoms with Gasteiger partial charge in [-0.1, -0.05) is 12.1 Å². The molecule has 3 rings (SSSR count). The van der Waals surface area contributed by atoms with Crippen LogP contribution in [0.1, 0.15) is 17.2 Å². The Bertz CT molecular complexity index is 874. The summed E-state index contributed by atoms with van der Waals surface area (Å²) in [4.78, 5) is 14.7. The number of methoxy groups -OCH3 is 2. The Kier molecular flexibility index (Phi) is 6.56. The smallest absolute Gasteiger partial charge is 0.227 e. The Balaban J connectivity index is 1.90. The van der Waals surface area contributed by atoms with E-state index in [1.165, 1.54) is 26.4 Å². The van der Waals surface area contributed by atoms with Crippen molar-refractivity contribution in [3.8, 4) is 17.2 Å². The molecule has 2 unspecified atom stereocenters. The van der Waals surface area contributed by atoms with Crippen molar-refractivity contribution < 1.29 is 33.6 Å². The Morgan fingerprint density at radius 2 is 1.97 bits per heavy atom. The van der Waals surface area contributed by atoms with Gasteiger partial charge in [-0.2, -0.15) is 0 Å². The van der Waals surface area contributed by atoms with Gasteiger partial charge in [0.25, 0.3) is 0 Å². The molecule has 156 valence electrons. The van der Waals surface area contributed by atoms with Crippen LogP contribution in [0.5, 0.6) is 17.2 Å². The van der Waals surface area contributed by atoms with Gasteiger partial charge in [-0.05, 0) is 35.4 Å². The largest absolute Gasteiger partial charge is 0.505 e. The third-order valence-electron chi connectivity index (χ3n) is 4.97. The lowest BCUT2D eigenvalue weighted by molar-refractivity contribution is -0.149. The Morgan fingerprint density at radius 3 is 2.62 bits per heavy atom. The summed E-state index contributed by atoms with van der Waals surface area (Å²) in [6.07, 6.45) is -0.651. The highest BCUT2D eigenvalue weighted by Crippen LogP contribution is 2.36. The highest BCUT2D eigenvalue weighted by molar-refractivity contribution is 5.79. The number of ether oxygens (including phenoxy) is 3. The van der Waals surface area contributed by atoms with Gasteiger partial charge in [0.1, 0.15) is 6.10 Å². The van der Waals surface area contributed by atoms with Crippen molar-refractivity contribution >= 4 is 5.91 Å². The zero-order valence-corrected chi connectivity index (χ0v) is 16.3. The topological polar surface area (TPSA) is 88.5 Å². The van der Waals surface area contributed by atoms with Gasteiger partial charge >= 0.3 is 0 Å². The summed E-state index contributed by atoms with van der Waals surface area (Å²) < 4.78 is 29.9. The molecule has 0 spiro atoms. The number of morpholine rings is 1. The molecule has 2 N–H and O–H groups in total. The molecule has 1 fully saturated rings. The van der Waals surface area contributed by atoms with Gasteiger partial charge in [0.2, 0.25) is 5.91 Å². The third-order valence-corrected chi connectivity index (χ3v) is 4.97. The third kappa shape index (κ3) is 4.44. The van der Waals surface area contributed by atoms with Gasteiger partial charge in [-0.15, -0.1) is 0 Å². The second-order valence-electron chi connectivity index (χ2n) is 6.70. The fraction of sp³-hybridized carbons (Fsp3) is 0.381. The maximum absolute atomic E-state index is 13.6. The number of phenols is 1. The molecule has 1 aliphatic rings. The summed E-state index contributed by atoms with van der Waals surface area (Å²) in [7, 11) is 3.05. The maximum atomic E-state index is 13.6. The van der Waals surface area contributed by atoms with Crippen LogP contribution in [-0.2, 0) is 16.0 Å². The summed E-state index contributed by atoms with van der Waals surface area (Å²) in [5.74, 6) is -0.430. The first-order chi connectivity index (χ1) is 14.0. The van der Waals surface area contributed by atoms with Crippen LogP contribution in [-0.4, -0.2) is 61.1 Å². The zero-order chi connectivity index (χ0) is 21.0. The Morgan fingerprint density at radius 1 is 1.21 bits per heavy atom. The normalized spacial score (nSPS) is 19.1. The van der Waals surface area contributed by atoms with Gasteiger partial charge in [0.15, 0.2) is 23.1 Å². The number of carbonyl (C=O) groups excluding carboxylic acids is 1. The van der Waals surface area contributed by atoms with Crippen molar-refractivity contribution in [2.75, 3.05) is 34.0 Å². The summed E-state index contributed by atoms with van der Waals surface area (Å²) in [6.45, 7) is 0.343. The number of aliphatic hydroxyl groups is 1. The minimum absolute atomic E-state index is 0.0425. The Hall–Kier alpha value is -2.84. The average molecular weight is 405 g/mol. The molecule has 29 heavy (non-hydrogen) atoms. The van der Waals surface area contributed by atoms with Crippen molar-refractivity contribution in [3.63, 3.8) is 0 Å². The van der Waals surface area contributed by atoms with Crippen LogP contribution in [0, 0.1) is 5.82 Å². The quantitative estimate of drug-likeness (QED) is 0.765. The number of aromatic hydroxyl groups is 1. The van der Waals surface area contributed by atoms with E-state index in [-0.39, 0.29) is 25.5 Å². The van der Waals surface area contributed by atoms with Crippen molar-refractivity contribution in [1.29, 1.82) is 0 Å². The van der Waals surface area contributed by atoms with E-state index in [1.54, 1.807) is 23.1 Å². The van der Waals surface area contributed by atoms with Gasteiger partial charge < -0.3 is 29.3 Å². The lowest BCUT2D eigenvalue weighted by atomic mass is 9.96. The molecule has 0 radical (unpaired) electrons. The Labute approximate surface area is 168 Å². The number of halogens is 1. The van der Waals surface area contributed by atoms with Crippen molar-refractivity contribution in [2.24, 2.45) is 0 Å². The summed E-state index contributed by atoms with van der Waals surface area (Å²) in [5.41, 5.74) is 1.18. The predicted molar refractivity (Wildman–Crippen MR) is 103 cm³/mol. The van der Waals surface area contributed by atoms with Crippen LogP contribution < -0.4 is 9.47 Å². The molecule has 8 heteroatoms. The number of carbonyl (C=O) groups is 1. The summed E-state index contributed by atoms with van der Waals surface area (Å²) in [6, 6.07) is 8.61. The lowest BCUT2D eigenvalue weighted by Gasteiger charge is -2.41. The molecule has 1 saturated heterocycles. The number of rotatable bonds is 6. The van der Waals surface area contributed by atoms with Crippen LogP contribution in [0.4, 0.5) is 4.39 Å². The molecular weight excluding hydrogens is 381 g/mol. The molecule has 0 aromatic heterocycles. The SMILES string of the molecule is COc1ccc(C2C(CO)OCCN2C(=O)Cc2ccc(O)c(F)c2)cc1OC. The van der Waals surface area contributed by atoms with E-state index in [9.17, 15) is 19.4 Å². The van der Waals surface area contributed by atoms with Gasteiger partial charge in [0, 0.05) is 6.54 Å². The molecule has 0 bridgehead atoms. The standard InChI is InChI=1S/C21H24FNO6/c1-27-17-6-4-14(11-18(17)28-2)21-19(12-24)29-8-7-23(21)20(26)10-13-3-5-16(25)15(22)9-13/h3-6,9,11,19,21,24-25H,7-8,10,12H2,1-2H3. The number of amides is 1. The monoisotopic (exact) mass is 405 g/mol. The zero-order valence-electron chi connectivity index (χ0n) is 16.3. The van der Waals surface area contributed by atoms with Crippen LogP contribution >= 0.6 is 0 Å². The van der Waals surface area contributed by atoms with Crippen LogP contribution in [0.25, 0.3) is 0 Å². The van der Waals surface area contributed by atoms with Crippen LogP contribution in [0.15, 0.2) is 36.4 Å². The van der Waals surface area contributed by atoms with E-state index >= 15 is 0 Å². The lowest BCUT2D eigenvalue weighted by Crippen LogP contribution is -2.50. The van der Waals surface area contributed by atoms with Crippen LogP contribution in [0.2, 0.25) is 0 Å². The molecule has 2 aromatic carbocycles. The number of phenolic OH excluding ortho intramolecular Hbond substituents is 1. The number of hydrogen-bond acceptors (Lipinski definition) is 6. The van der Waals surface area contributed by atoms with E-state index in [2.05, 4.69) is 0 Å². The molecule has 1 aliphatic heterocycles. The van der Waals surface area contributed by atoms with Gasteiger partial charge in [-0.3, -0.25) is 4.79 Å². The minimum Gasteiger partial charge on any atom is -0.505 e. The first kappa shape index (κ1) is 20.9. The highest BCUT2D eigenvalue weighted by atomic mass is 19.1. The molecule has 2 aromatic rings. The molecule has 1 heterocycles. The highest BCUT2D eigenvalue weighted by Gasteiger charge is 2.36. The first-order valence-electron chi connectivity index (χ1n) is 9.19. The summed E-state index contributed by atoms with van der Waals surface area (Å²) in [5, 5.41) is 19.1. The van der Waals surface area contributed by atoms with E-state index in [0.717, 1.165) is 11.6 Å². The molecule has 7 nitrogen and oxygen atoms in total. The predicted octanol–water partition coefficient (Wildman–Crippen LogP) is 2.05. The molecule has 0 aliphatic carbocycles. The number of benzene rings is 2.